The molecule has 2 aromatic carbocycles. The third kappa shape index (κ3) is 7.14. The van der Waals surface area contributed by atoms with Crippen LogP contribution >= 0.6 is 11.6 Å². The molecular formula is C24H33ClN2O4S. The number of carbonyl (C=O) groups is 1. The average molecular weight is 481 g/mol. The van der Waals surface area contributed by atoms with Gasteiger partial charge in [-0.05, 0) is 69.0 Å². The van der Waals surface area contributed by atoms with Crippen LogP contribution in [0.2, 0.25) is 5.02 Å². The van der Waals surface area contributed by atoms with Crippen molar-refractivity contribution >= 4 is 33.2 Å². The van der Waals surface area contributed by atoms with E-state index in [2.05, 4.69) is 26.1 Å². The van der Waals surface area contributed by atoms with Crippen LogP contribution in [0.5, 0.6) is 5.75 Å². The zero-order chi connectivity index (χ0) is 24.2. The number of para-hydroxylation sites is 2. The fraction of sp³-hybridized carbons (Fsp3) is 0.458. The van der Waals surface area contributed by atoms with Crippen LogP contribution in [0.4, 0.5) is 5.69 Å². The maximum atomic E-state index is 13.6. The van der Waals surface area contributed by atoms with Gasteiger partial charge in [0, 0.05) is 10.6 Å². The summed E-state index contributed by atoms with van der Waals surface area (Å²) < 4.78 is 33.9. The molecule has 32 heavy (non-hydrogen) atoms. The molecule has 0 atom stereocenters. The number of sulfonamides is 1. The summed E-state index contributed by atoms with van der Waals surface area (Å²) >= 11 is 5.94. The van der Waals surface area contributed by atoms with E-state index >= 15 is 0 Å². The molecule has 2 rings (SSSR count). The van der Waals surface area contributed by atoms with Gasteiger partial charge in [0.25, 0.3) is 10.0 Å². The molecule has 2 aromatic rings. The Bertz CT molecular complexity index is 1030. The van der Waals surface area contributed by atoms with Crippen molar-refractivity contribution in [1.82, 2.24) is 5.32 Å². The largest absolute Gasteiger partial charge is 0.492 e. The Kier molecular flexibility index (Phi) is 8.23. The van der Waals surface area contributed by atoms with Gasteiger partial charge < -0.3 is 10.1 Å². The van der Waals surface area contributed by atoms with E-state index in [-0.39, 0.29) is 16.9 Å². The van der Waals surface area contributed by atoms with Gasteiger partial charge in [0.05, 0.1) is 17.2 Å². The van der Waals surface area contributed by atoms with Gasteiger partial charge in [-0.15, -0.1) is 0 Å². The summed E-state index contributed by atoms with van der Waals surface area (Å²) in [5.41, 5.74) is -0.217. The lowest BCUT2D eigenvalue weighted by atomic mass is 9.82. The number of ether oxygens (including phenoxy) is 1. The Morgan fingerprint density at radius 3 is 2.19 bits per heavy atom. The van der Waals surface area contributed by atoms with Gasteiger partial charge in [-0.3, -0.25) is 9.10 Å². The second-order valence-corrected chi connectivity index (χ2v) is 11.8. The summed E-state index contributed by atoms with van der Waals surface area (Å²) in [6.45, 7) is 11.9. The molecule has 6 nitrogen and oxygen atoms in total. The van der Waals surface area contributed by atoms with Gasteiger partial charge in [0.2, 0.25) is 5.91 Å². The molecule has 0 unspecified atom stereocenters. The van der Waals surface area contributed by atoms with Gasteiger partial charge in [0.15, 0.2) is 0 Å². The zero-order valence-corrected chi connectivity index (χ0v) is 21.2. The lowest BCUT2D eigenvalue weighted by Crippen LogP contribution is -2.50. The molecule has 176 valence electrons. The lowest BCUT2D eigenvalue weighted by Gasteiger charge is -2.34. The summed E-state index contributed by atoms with van der Waals surface area (Å²) in [5, 5.41) is 3.41. The van der Waals surface area contributed by atoms with Crippen molar-refractivity contribution < 1.29 is 17.9 Å². The maximum absolute atomic E-state index is 13.6. The summed E-state index contributed by atoms with van der Waals surface area (Å²) in [4.78, 5) is 13.1. The molecule has 1 amide bonds. The standard InChI is InChI=1S/C24H33ClN2O4S/c1-7-31-21-11-9-8-10-20(21)27(32(29,30)19-14-12-18(25)13-15-19)16-22(28)26-24(5,6)17-23(2,3)4/h8-15H,7,16-17H2,1-6H3,(H,26,28). The lowest BCUT2D eigenvalue weighted by molar-refractivity contribution is -0.121. The number of hydrogen-bond donors (Lipinski definition) is 1. The molecule has 0 radical (unpaired) electrons. The molecule has 0 aromatic heterocycles. The second-order valence-electron chi connectivity index (χ2n) is 9.54. The molecule has 0 aliphatic carbocycles. The molecule has 1 N–H and O–H groups in total. The SMILES string of the molecule is CCOc1ccccc1N(CC(=O)NC(C)(C)CC(C)(C)C)S(=O)(=O)c1ccc(Cl)cc1. The number of nitrogens with zero attached hydrogens (tertiary/aromatic N) is 1. The highest BCUT2D eigenvalue weighted by atomic mass is 35.5. The summed E-state index contributed by atoms with van der Waals surface area (Å²) in [7, 11) is -4.06. The summed E-state index contributed by atoms with van der Waals surface area (Å²) in [6.07, 6.45) is 0.727. The number of amides is 1. The van der Waals surface area contributed by atoms with Crippen molar-refractivity contribution in [3.05, 3.63) is 53.6 Å². The molecule has 0 heterocycles. The Morgan fingerprint density at radius 1 is 1.03 bits per heavy atom. The molecule has 0 aliphatic rings. The van der Waals surface area contributed by atoms with E-state index in [0.29, 0.717) is 23.1 Å². The van der Waals surface area contributed by atoms with Crippen LogP contribution in [0.1, 0.15) is 48.0 Å². The first-order valence-corrected chi connectivity index (χ1v) is 12.4. The van der Waals surface area contributed by atoms with Crippen LogP contribution in [0.15, 0.2) is 53.4 Å². The molecule has 0 spiro atoms. The first-order chi connectivity index (χ1) is 14.7. The van der Waals surface area contributed by atoms with Crippen molar-refractivity contribution in [2.75, 3.05) is 17.5 Å². The van der Waals surface area contributed by atoms with Crippen molar-refractivity contribution in [2.24, 2.45) is 5.41 Å². The minimum atomic E-state index is -4.06. The fourth-order valence-corrected chi connectivity index (χ4v) is 5.45. The van der Waals surface area contributed by atoms with Crippen LogP contribution in [0.3, 0.4) is 0 Å². The smallest absolute Gasteiger partial charge is 0.264 e. The first kappa shape index (κ1) is 26.0. The molecule has 0 saturated heterocycles. The number of carbonyl (C=O) groups excluding carboxylic acids is 1. The zero-order valence-electron chi connectivity index (χ0n) is 19.6. The Hall–Kier alpha value is -2.25. The van der Waals surface area contributed by atoms with Crippen LogP contribution < -0.4 is 14.4 Å². The van der Waals surface area contributed by atoms with E-state index in [0.717, 1.165) is 10.7 Å². The molecular weight excluding hydrogens is 448 g/mol. The van der Waals surface area contributed by atoms with Crippen LogP contribution in [-0.4, -0.2) is 33.0 Å². The van der Waals surface area contributed by atoms with E-state index in [1.165, 1.54) is 24.3 Å². The van der Waals surface area contributed by atoms with Crippen LogP contribution in [0.25, 0.3) is 0 Å². The summed E-state index contributed by atoms with van der Waals surface area (Å²) in [6, 6.07) is 12.7. The maximum Gasteiger partial charge on any atom is 0.264 e. The first-order valence-electron chi connectivity index (χ1n) is 10.6. The van der Waals surface area contributed by atoms with Gasteiger partial charge >= 0.3 is 0 Å². The Balaban J connectivity index is 2.46. The number of benzene rings is 2. The van der Waals surface area contributed by atoms with E-state index < -0.39 is 21.5 Å². The molecule has 0 bridgehead atoms. The van der Waals surface area contributed by atoms with Crippen molar-refractivity contribution in [3.8, 4) is 5.75 Å². The second kappa shape index (κ2) is 10.1. The van der Waals surface area contributed by atoms with Gasteiger partial charge in [-0.1, -0.05) is 44.5 Å². The molecule has 0 aliphatic heterocycles. The van der Waals surface area contributed by atoms with Gasteiger partial charge in [0.1, 0.15) is 12.3 Å². The minimum absolute atomic E-state index is 0.00653. The van der Waals surface area contributed by atoms with Crippen LogP contribution in [0, 0.1) is 5.41 Å². The topological polar surface area (TPSA) is 75.7 Å². The monoisotopic (exact) mass is 480 g/mol. The fourth-order valence-electron chi connectivity index (χ4n) is 3.89. The highest BCUT2D eigenvalue weighted by Crippen LogP contribution is 2.33. The van der Waals surface area contributed by atoms with Crippen molar-refractivity contribution in [2.45, 2.75) is 58.4 Å². The predicted octanol–water partition coefficient (Wildman–Crippen LogP) is 5.27. The molecule has 0 saturated carbocycles. The van der Waals surface area contributed by atoms with E-state index in [4.69, 9.17) is 16.3 Å². The van der Waals surface area contributed by atoms with Crippen LogP contribution in [-0.2, 0) is 14.8 Å². The molecule has 8 heteroatoms. The number of rotatable bonds is 9. The Morgan fingerprint density at radius 2 is 1.62 bits per heavy atom. The third-order valence-electron chi connectivity index (χ3n) is 4.57. The van der Waals surface area contributed by atoms with E-state index in [1.54, 1.807) is 24.3 Å². The summed E-state index contributed by atoms with van der Waals surface area (Å²) in [5.74, 6) is -0.0163. The number of nitrogens with one attached hydrogen (secondary N) is 1. The number of anilines is 1. The third-order valence-corrected chi connectivity index (χ3v) is 6.60. The number of halogens is 1. The predicted molar refractivity (Wildman–Crippen MR) is 130 cm³/mol. The van der Waals surface area contributed by atoms with Gasteiger partial charge in [-0.25, -0.2) is 8.42 Å². The highest BCUT2D eigenvalue weighted by Gasteiger charge is 2.32. The number of hydrogen-bond acceptors (Lipinski definition) is 4. The minimum Gasteiger partial charge on any atom is -0.492 e. The Labute approximate surface area is 197 Å². The van der Waals surface area contributed by atoms with Crippen molar-refractivity contribution in [3.63, 3.8) is 0 Å². The molecule has 0 fully saturated rings. The van der Waals surface area contributed by atoms with E-state index in [9.17, 15) is 13.2 Å². The quantitative estimate of drug-likeness (QED) is 0.530. The average Bonchev–Trinajstić information content (AvgIpc) is 2.65. The van der Waals surface area contributed by atoms with E-state index in [1.807, 2.05) is 20.8 Å². The normalized spacial score (nSPS) is 12.3. The van der Waals surface area contributed by atoms with Crippen molar-refractivity contribution in [1.29, 1.82) is 0 Å². The highest BCUT2D eigenvalue weighted by molar-refractivity contribution is 7.92. The van der Waals surface area contributed by atoms with Gasteiger partial charge in [-0.2, -0.15) is 0 Å².